The van der Waals surface area contributed by atoms with Gasteiger partial charge in [0.05, 0.1) is 0 Å². The third-order valence-corrected chi connectivity index (χ3v) is 3.46. The minimum Gasteiger partial charge on any atom is -0.311 e. The Morgan fingerprint density at radius 2 is 2.19 bits per heavy atom. The van der Waals surface area contributed by atoms with Crippen LogP contribution in [-0.2, 0) is 0 Å². The molecule has 2 rings (SSSR count). The first-order chi connectivity index (χ1) is 7.84. The average molecular weight is 280 g/mol. The normalized spacial score (nSPS) is 22.2. The van der Waals surface area contributed by atoms with Crippen molar-refractivity contribution in [2.24, 2.45) is 0 Å². The summed E-state index contributed by atoms with van der Waals surface area (Å²) in [6.07, 6.45) is 9.82. The van der Waals surface area contributed by atoms with Crippen LogP contribution in [0.25, 0.3) is 6.08 Å². The molecular formula is C14H18BrN. The first-order valence-corrected chi connectivity index (χ1v) is 6.81. The van der Waals surface area contributed by atoms with Crippen molar-refractivity contribution >= 4 is 22.0 Å². The highest BCUT2D eigenvalue weighted by Crippen LogP contribution is 2.14. The Morgan fingerprint density at radius 3 is 3.06 bits per heavy atom. The lowest BCUT2D eigenvalue weighted by Crippen LogP contribution is -2.25. The molecule has 1 fully saturated rings. The van der Waals surface area contributed by atoms with E-state index in [0.717, 1.165) is 11.0 Å². The molecule has 1 saturated heterocycles. The molecule has 1 N–H and O–H groups in total. The van der Waals surface area contributed by atoms with Gasteiger partial charge in [0.15, 0.2) is 0 Å². The summed E-state index contributed by atoms with van der Waals surface area (Å²) in [6, 6.07) is 8.97. The van der Waals surface area contributed by atoms with Crippen LogP contribution in [0.3, 0.4) is 0 Å². The SMILES string of the molecule is Brc1cccc(/C=C/C2CCCCCN2)c1. The third kappa shape index (κ3) is 3.76. The minimum absolute atomic E-state index is 0.557. The fraction of sp³-hybridized carbons (Fsp3) is 0.429. The van der Waals surface area contributed by atoms with Crippen molar-refractivity contribution in [2.75, 3.05) is 6.54 Å². The summed E-state index contributed by atoms with van der Waals surface area (Å²) < 4.78 is 1.14. The highest BCUT2D eigenvalue weighted by molar-refractivity contribution is 9.10. The topological polar surface area (TPSA) is 12.0 Å². The van der Waals surface area contributed by atoms with Crippen LogP contribution in [0.4, 0.5) is 0 Å². The fourth-order valence-corrected chi connectivity index (χ4v) is 2.47. The fourth-order valence-electron chi connectivity index (χ4n) is 2.06. The van der Waals surface area contributed by atoms with E-state index in [4.69, 9.17) is 0 Å². The van der Waals surface area contributed by atoms with Gasteiger partial charge >= 0.3 is 0 Å². The van der Waals surface area contributed by atoms with Crippen molar-refractivity contribution in [1.82, 2.24) is 5.32 Å². The molecule has 0 aromatic heterocycles. The molecule has 0 saturated carbocycles. The van der Waals surface area contributed by atoms with E-state index in [1.54, 1.807) is 0 Å². The van der Waals surface area contributed by atoms with Crippen LogP contribution >= 0.6 is 15.9 Å². The lowest BCUT2D eigenvalue weighted by atomic mass is 10.1. The molecule has 1 aromatic carbocycles. The van der Waals surface area contributed by atoms with Gasteiger partial charge in [0.25, 0.3) is 0 Å². The first-order valence-electron chi connectivity index (χ1n) is 6.02. The maximum absolute atomic E-state index is 3.57. The van der Waals surface area contributed by atoms with Gasteiger partial charge in [-0.2, -0.15) is 0 Å². The Bertz CT molecular complexity index is 352. The minimum atomic E-state index is 0.557. The number of halogens is 1. The van der Waals surface area contributed by atoms with Crippen LogP contribution in [-0.4, -0.2) is 12.6 Å². The molecule has 1 unspecified atom stereocenters. The molecule has 1 heterocycles. The Labute approximate surface area is 106 Å². The molecule has 0 amide bonds. The number of rotatable bonds is 2. The Hall–Kier alpha value is -0.600. The predicted molar refractivity (Wildman–Crippen MR) is 73.4 cm³/mol. The average Bonchev–Trinajstić information content (AvgIpc) is 2.55. The molecule has 0 aliphatic carbocycles. The molecule has 1 aromatic rings. The van der Waals surface area contributed by atoms with Crippen molar-refractivity contribution in [3.8, 4) is 0 Å². The second-order valence-corrected chi connectivity index (χ2v) is 5.24. The molecule has 0 spiro atoms. The molecular weight excluding hydrogens is 262 g/mol. The molecule has 1 nitrogen and oxygen atoms in total. The van der Waals surface area contributed by atoms with Crippen LogP contribution in [0.5, 0.6) is 0 Å². The standard InChI is InChI=1S/C14H18BrN/c15-13-6-4-5-12(11-13)8-9-14-7-2-1-3-10-16-14/h4-6,8-9,11,14,16H,1-3,7,10H2/b9-8+. The summed E-state index contributed by atoms with van der Waals surface area (Å²) in [6.45, 7) is 1.16. The van der Waals surface area contributed by atoms with E-state index < -0.39 is 0 Å². The van der Waals surface area contributed by atoms with Gasteiger partial charge in [-0.25, -0.2) is 0 Å². The van der Waals surface area contributed by atoms with Gasteiger partial charge in [-0.1, -0.05) is 53.1 Å². The molecule has 1 aliphatic heterocycles. The van der Waals surface area contributed by atoms with Crippen LogP contribution in [0.2, 0.25) is 0 Å². The zero-order valence-electron chi connectivity index (χ0n) is 9.45. The number of hydrogen-bond donors (Lipinski definition) is 1. The molecule has 1 aliphatic rings. The monoisotopic (exact) mass is 279 g/mol. The van der Waals surface area contributed by atoms with Crippen molar-refractivity contribution in [2.45, 2.75) is 31.7 Å². The van der Waals surface area contributed by atoms with Gasteiger partial charge in [-0.05, 0) is 37.1 Å². The number of nitrogens with one attached hydrogen (secondary N) is 1. The van der Waals surface area contributed by atoms with E-state index in [2.05, 4.69) is 57.7 Å². The Morgan fingerprint density at radius 1 is 1.25 bits per heavy atom. The second-order valence-electron chi connectivity index (χ2n) is 4.32. The van der Waals surface area contributed by atoms with Crippen LogP contribution in [0.1, 0.15) is 31.2 Å². The quantitative estimate of drug-likeness (QED) is 0.863. The third-order valence-electron chi connectivity index (χ3n) is 2.97. The van der Waals surface area contributed by atoms with Crippen LogP contribution in [0.15, 0.2) is 34.8 Å². The van der Waals surface area contributed by atoms with Gasteiger partial charge in [0.2, 0.25) is 0 Å². The van der Waals surface area contributed by atoms with E-state index in [1.165, 1.54) is 31.2 Å². The smallest absolute Gasteiger partial charge is 0.0253 e. The maximum Gasteiger partial charge on any atom is 0.0253 e. The maximum atomic E-state index is 3.57. The Balaban J connectivity index is 1.97. The van der Waals surface area contributed by atoms with E-state index in [0.29, 0.717) is 6.04 Å². The molecule has 86 valence electrons. The van der Waals surface area contributed by atoms with Gasteiger partial charge in [-0.15, -0.1) is 0 Å². The molecule has 0 radical (unpaired) electrons. The van der Waals surface area contributed by atoms with Crippen molar-refractivity contribution in [3.05, 3.63) is 40.4 Å². The lowest BCUT2D eigenvalue weighted by Gasteiger charge is -2.10. The molecule has 0 bridgehead atoms. The first kappa shape index (κ1) is 11.9. The van der Waals surface area contributed by atoms with Gasteiger partial charge < -0.3 is 5.32 Å². The Kier molecular flexibility index (Phi) is 4.61. The van der Waals surface area contributed by atoms with E-state index in [1.807, 2.05) is 0 Å². The van der Waals surface area contributed by atoms with Crippen molar-refractivity contribution in [3.63, 3.8) is 0 Å². The molecule has 1 atom stereocenters. The highest BCUT2D eigenvalue weighted by Gasteiger charge is 2.07. The summed E-state index contributed by atoms with van der Waals surface area (Å²) in [7, 11) is 0. The van der Waals surface area contributed by atoms with E-state index in [9.17, 15) is 0 Å². The summed E-state index contributed by atoms with van der Waals surface area (Å²) in [5, 5.41) is 3.57. The van der Waals surface area contributed by atoms with Gasteiger partial charge in [0.1, 0.15) is 0 Å². The van der Waals surface area contributed by atoms with Crippen molar-refractivity contribution in [1.29, 1.82) is 0 Å². The highest BCUT2D eigenvalue weighted by atomic mass is 79.9. The van der Waals surface area contributed by atoms with Crippen LogP contribution in [0, 0.1) is 0 Å². The van der Waals surface area contributed by atoms with Gasteiger partial charge in [-0.3, -0.25) is 0 Å². The summed E-state index contributed by atoms with van der Waals surface area (Å²) in [4.78, 5) is 0. The largest absolute Gasteiger partial charge is 0.311 e. The van der Waals surface area contributed by atoms with Crippen LogP contribution < -0.4 is 5.32 Å². The predicted octanol–water partition coefficient (Wildman–Crippen LogP) is 3.99. The van der Waals surface area contributed by atoms with E-state index >= 15 is 0 Å². The number of hydrogen-bond acceptors (Lipinski definition) is 1. The second kappa shape index (κ2) is 6.21. The summed E-state index contributed by atoms with van der Waals surface area (Å²) >= 11 is 3.49. The lowest BCUT2D eigenvalue weighted by molar-refractivity contribution is 0.599. The van der Waals surface area contributed by atoms with E-state index in [-0.39, 0.29) is 0 Å². The molecule has 16 heavy (non-hydrogen) atoms. The van der Waals surface area contributed by atoms with Gasteiger partial charge in [0, 0.05) is 10.5 Å². The zero-order valence-corrected chi connectivity index (χ0v) is 11.0. The number of benzene rings is 1. The molecule has 2 heteroatoms. The summed E-state index contributed by atoms with van der Waals surface area (Å²) in [5.74, 6) is 0. The zero-order chi connectivity index (χ0) is 11.2. The van der Waals surface area contributed by atoms with Crippen molar-refractivity contribution < 1.29 is 0 Å². The summed E-state index contributed by atoms with van der Waals surface area (Å²) in [5.41, 5.74) is 1.26.